The molecule has 0 N–H and O–H groups in total. The van der Waals surface area contributed by atoms with Gasteiger partial charge in [-0.3, -0.25) is 4.90 Å². The largest absolute Gasteiger partial charge is 0.361 e. The van der Waals surface area contributed by atoms with Crippen LogP contribution in [0, 0.1) is 6.92 Å². The smallest absolute Gasteiger partial charge is 0.133 e. The average Bonchev–Trinajstić information content (AvgIpc) is 2.56. The van der Waals surface area contributed by atoms with Gasteiger partial charge in [0.25, 0.3) is 0 Å². The van der Waals surface area contributed by atoms with Gasteiger partial charge in [0.15, 0.2) is 0 Å². The Morgan fingerprint density at radius 2 is 2.43 bits per heavy atom. The summed E-state index contributed by atoms with van der Waals surface area (Å²) in [6.07, 6.45) is 4.01. The van der Waals surface area contributed by atoms with E-state index >= 15 is 0 Å². The van der Waals surface area contributed by atoms with E-state index in [2.05, 4.69) is 17.0 Å². The van der Waals surface area contributed by atoms with E-state index in [0.29, 0.717) is 6.04 Å². The van der Waals surface area contributed by atoms with Crippen LogP contribution in [-0.4, -0.2) is 22.6 Å². The molecule has 14 heavy (non-hydrogen) atoms. The summed E-state index contributed by atoms with van der Waals surface area (Å²) in [7, 11) is 0. The molecule has 0 amide bonds. The van der Waals surface area contributed by atoms with Gasteiger partial charge in [-0.1, -0.05) is 11.6 Å². The molecule has 3 heteroatoms. The second-order valence-corrected chi connectivity index (χ2v) is 4.24. The average molecular weight is 194 g/mol. The molecule has 2 rings (SSSR count). The van der Waals surface area contributed by atoms with E-state index in [-0.39, 0.29) is 0 Å². The molecule has 1 aliphatic heterocycles. The minimum absolute atomic E-state index is 0.695. The van der Waals surface area contributed by atoms with Gasteiger partial charge in [0.1, 0.15) is 5.76 Å². The lowest BCUT2D eigenvalue weighted by molar-refractivity contribution is 0.149. The number of nitrogens with zero attached hydrogens (tertiary/aromatic N) is 2. The van der Waals surface area contributed by atoms with Crippen molar-refractivity contribution in [1.82, 2.24) is 10.1 Å². The molecule has 0 aliphatic carbocycles. The number of hydrogen-bond acceptors (Lipinski definition) is 3. The third kappa shape index (κ3) is 2.15. The molecule has 0 spiro atoms. The van der Waals surface area contributed by atoms with Gasteiger partial charge in [0.05, 0.1) is 5.69 Å². The molecule has 1 atom stereocenters. The number of aromatic nitrogens is 1. The van der Waals surface area contributed by atoms with Crippen molar-refractivity contribution in [2.24, 2.45) is 0 Å². The Morgan fingerprint density at radius 1 is 1.57 bits per heavy atom. The lowest BCUT2D eigenvalue weighted by Gasteiger charge is -2.32. The van der Waals surface area contributed by atoms with E-state index in [0.717, 1.165) is 18.0 Å². The molecular weight excluding hydrogens is 176 g/mol. The summed E-state index contributed by atoms with van der Waals surface area (Å²) in [5, 5.41) is 4.03. The fourth-order valence-corrected chi connectivity index (χ4v) is 2.09. The van der Waals surface area contributed by atoms with Crippen LogP contribution in [-0.2, 0) is 6.54 Å². The first-order valence-electron chi connectivity index (χ1n) is 5.42. The molecule has 0 radical (unpaired) electrons. The quantitative estimate of drug-likeness (QED) is 0.723. The number of rotatable bonds is 2. The Hall–Kier alpha value is -0.830. The molecule has 1 aliphatic rings. The molecule has 0 saturated carbocycles. The normalized spacial score (nSPS) is 24.0. The highest BCUT2D eigenvalue weighted by Gasteiger charge is 2.19. The topological polar surface area (TPSA) is 29.3 Å². The first-order chi connectivity index (χ1) is 6.75. The summed E-state index contributed by atoms with van der Waals surface area (Å²) in [5.74, 6) is 0.907. The highest BCUT2D eigenvalue weighted by Crippen LogP contribution is 2.18. The second-order valence-electron chi connectivity index (χ2n) is 4.24. The Labute approximate surface area is 85.1 Å². The van der Waals surface area contributed by atoms with Crippen LogP contribution < -0.4 is 0 Å². The lowest BCUT2D eigenvalue weighted by Crippen LogP contribution is -2.36. The summed E-state index contributed by atoms with van der Waals surface area (Å²) in [5.41, 5.74) is 1.07. The van der Waals surface area contributed by atoms with Crippen LogP contribution in [0.2, 0.25) is 0 Å². The first-order valence-corrected chi connectivity index (χ1v) is 5.42. The van der Waals surface area contributed by atoms with Crippen LogP contribution in [0.25, 0.3) is 0 Å². The van der Waals surface area contributed by atoms with E-state index in [4.69, 9.17) is 4.52 Å². The molecule has 1 aromatic rings. The predicted molar refractivity (Wildman–Crippen MR) is 55.0 cm³/mol. The van der Waals surface area contributed by atoms with E-state index < -0.39 is 0 Å². The Morgan fingerprint density at radius 3 is 3.07 bits per heavy atom. The lowest BCUT2D eigenvalue weighted by atomic mass is 10.0. The SMILES string of the molecule is Cc1cc(CN2CCCCC2C)no1. The fraction of sp³-hybridized carbons (Fsp3) is 0.727. The van der Waals surface area contributed by atoms with Crippen LogP contribution in [0.15, 0.2) is 10.6 Å². The summed E-state index contributed by atoms with van der Waals surface area (Å²) in [6, 6.07) is 2.72. The van der Waals surface area contributed by atoms with E-state index in [1.54, 1.807) is 0 Å². The predicted octanol–water partition coefficient (Wildman–Crippen LogP) is 2.36. The highest BCUT2D eigenvalue weighted by atomic mass is 16.5. The van der Waals surface area contributed by atoms with Gasteiger partial charge < -0.3 is 4.52 Å². The van der Waals surface area contributed by atoms with Crippen molar-refractivity contribution in [3.8, 4) is 0 Å². The van der Waals surface area contributed by atoms with Crippen LogP contribution in [0.3, 0.4) is 0 Å². The monoisotopic (exact) mass is 194 g/mol. The van der Waals surface area contributed by atoms with Crippen molar-refractivity contribution >= 4 is 0 Å². The fourth-order valence-electron chi connectivity index (χ4n) is 2.09. The third-order valence-electron chi connectivity index (χ3n) is 2.98. The molecule has 78 valence electrons. The molecule has 0 aromatic carbocycles. The minimum atomic E-state index is 0.695. The summed E-state index contributed by atoms with van der Waals surface area (Å²) >= 11 is 0. The zero-order valence-corrected chi connectivity index (χ0v) is 8.99. The maximum absolute atomic E-state index is 5.06. The first kappa shape index (κ1) is 9.71. The standard InChI is InChI=1S/C11H18N2O/c1-9-5-3-4-6-13(9)8-11-7-10(2)14-12-11/h7,9H,3-6,8H2,1-2H3. The van der Waals surface area contributed by atoms with Gasteiger partial charge in [0.2, 0.25) is 0 Å². The van der Waals surface area contributed by atoms with E-state index in [1.165, 1.54) is 25.8 Å². The molecule has 3 nitrogen and oxygen atoms in total. The third-order valence-corrected chi connectivity index (χ3v) is 2.98. The van der Waals surface area contributed by atoms with Gasteiger partial charge in [-0.25, -0.2) is 0 Å². The zero-order chi connectivity index (χ0) is 9.97. The van der Waals surface area contributed by atoms with E-state index in [1.807, 2.05) is 13.0 Å². The van der Waals surface area contributed by atoms with Crippen molar-refractivity contribution < 1.29 is 4.52 Å². The zero-order valence-electron chi connectivity index (χ0n) is 8.99. The highest BCUT2D eigenvalue weighted by molar-refractivity contribution is 5.03. The van der Waals surface area contributed by atoms with Crippen molar-refractivity contribution in [3.05, 3.63) is 17.5 Å². The van der Waals surface area contributed by atoms with Crippen LogP contribution in [0.1, 0.15) is 37.6 Å². The number of hydrogen-bond donors (Lipinski definition) is 0. The minimum Gasteiger partial charge on any atom is -0.361 e. The molecule has 0 bridgehead atoms. The summed E-state index contributed by atoms with van der Waals surface area (Å²) in [4.78, 5) is 2.49. The van der Waals surface area contributed by atoms with Gasteiger partial charge in [0, 0.05) is 18.7 Å². The maximum atomic E-state index is 5.06. The van der Waals surface area contributed by atoms with Crippen molar-refractivity contribution in [2.45, 2.75) is 45.7 Å². The Kier molecular flexibility index (Phi) is 2.87. The molecule has 1 saturated heterocycles. The maximum Gasteiger partial charge on any atom is 0.133 e. The van der Waals surface area contributed by atoms with Crippen LogP contribution in [0.4, 0.5) is 0 Å². The van der Waals surface area contributed by atoms with Gasteiger partial charge >= 0.3 is 0 Å². The van der Waals surface area contributed by atoms with Crippen LogP contribution >= 0.6 is 0 Å². The van der Waals surface area contributed by atoms with Gasteiger partial charge in [-0.2, -0.15) is 0 Å². The summed E-state index contributed by atoms with van der Waals surface area (Å²) in [6.45, 7) is 6.38. The van der Waals surface area contributed by atoms with E-state index in [9.17, 15) is 0 Å². The Balaban J connectivity index is 1.95. The number of aryl methyl sites for hydroxylation is 1. The van der Waals surface area contributed by atoms with Gasteiger partial charge in [-0.05, 0) is 33.2 Å². The van der Waals surface area contributed by atoms with Crippen molar-refractivity contribution in [1.29, 1.82) is 0 Å². The molecule has 1 fully saturated rings. The molecule has 1 unspecified atom stereocenters. The van der Waals surface area contributed by atoms with Crippen LogP contribution in [0.5, 0.6) is 0 Å². The van der Waals surface area contributed by atoms with Crippen molar-refractivity contribution in [2.75, 3.05) is 6.54 Å². The summed E-state index contributed by atoms with van der Waals surface area (Å²) < 4.78 is 5.06. The molecule has 1 aromatic heterocycles. The number of likely N-dealkylation sites (tertiary alicyclic amines) is 1. The molecular formula is C11H18N2O. The second kappa shape index (κ2) is 4.13. The Bertz CT molecular complexity index is 295. The molecule has 2 heterocycles. The number of piperidine rings is 1. The van der Waals surface area contributed by atoms with Crippen molar-refractivity contribution in [3.63, 3.8) is 0 Å². The van der Waals surface area contributed by atoms with Gasteiger partial charge in [-0.15, -0.1) is 0 Å².